The van der Waals surface area contributed by atoms with E-state index in [9.17, 15) is 24.9 Å². The number of carbonyl (C=O) groups excluding carboxylic acids is 1. The smallest absolute Gasteiger partial charge is 0.343 e. The molecule has 0 amide bonds. The highest BCUT2D eigenvalue weighted by molar-refractivity contribution is 5.66. The van der Waals surface area contributed by atoms with E-state index in [-0.39, 0.29) is 31.2 Å². The van der Waals surface area contributed by atoms with Crippen molar-refractivity contribution in [3.8, 4) is 22.8 Å². The number of ether oxygens (including phenoxy) is 3. The summed E-state index contributed by atoms with van der Waals surface area (Å²) in [5, 5.41) is 36.4. The molecule has 3 N–H and O–H groups in total. The van der Waals surface area contributed by atoms with Crippen molar-refractivity contribution >= 4 is 5.97 Å². The Morgan fingerprint density at radius 1 is 1.05 bits per heavy atom. The van der Waals surface area contributed by atoms with Crippen LogP contribution in [0.4, 0.5) is 0 Å². The molecule has 6 atom stereocenters. The van der Waals surface area contributed by atoms with Gasteiger partial charge in [-0.3, -0.25) is 4.79 Å². The average Bonchev–Trinajstić information content (AvgIpc) is 2.85. The number of rotatable bonds is 3. The van der Waals surface area contributed by atoms with Gasteiger partial charge in [0.15, 0.2) is 0 Å². The Bertz CT molecular complexity index is 1330. The molecule has 0 saturated heterocycles. The molecule has 0 spiro atoms. The third-order valence-corrected chi connectivity index (χ3v) is 9.99. The van der Waals surface area contributed by atoms with E-state index < -0.39 is 51.4 Å². The van der Waals surface area contributed by atoms with Gasteiger partial charge >= 0.3 is 11.6 Å². The summed E-state index contributed by atoms with van der Waals surface area (Å²) in [7, 11) is 1.57. The number of methoxy groups -OCH3 is 1. The molecule has 1 aliphatic heterocycles. The van der Waals surface area contributed by atoms with E-state index in [4.69, 9.17) is 18.6 Å². The minimum absolute atomic E-state index is 0.0155. The molecule has 206 valence electrons. The number of carbonyl (C=O) groups is 1. The van der Waals surface area contributed by atoms with E-state index in [1.165, 1.54) is 6.92 Å². The van der Waals surface area contributed by atoms with E-state index in [0.717, 1.165) is 0 Å². The molecule has 2 aromatic rings. The number of fused-ring (bicyclic) bond motifs is 4. The van der Waals surface area contributed by atoms with Crippen molar-refractivity contribution in [2.45, 2.75) is 89.3 Å². The number of hydrogen-bond acceptors (Lipinski definition) is 9. The van der Waals surface area contributed by atoms with Crippen LogP contribution in [0.3, 0.4) is 0 Å². The van der Waals surface area contributed by atoms with Crippen molar-refractivity contribution in [1.82, 2.24) is 0 Å². The molecular formula is C29H36O9. The number of hydrogen-bond donors (Lipinski definition) is 3. The zero-order valence-corrected chi connectivity index (χ0v) is 22.7. The lowest BCUT2D eigenvalue weighted by Gasteiger charge is -2.72. The van der Waals surface area contributed by atoms with Gasteiger partial charge in [0.1, 0.15) is 34.6 Å². The highest BCUT2D eigenvalue weighted by Crippen LogP contribution is 2.68. The lowest BCUT2D eigenvalue weighted by atomic mass is 9.39. The summed E-state index contributed by atoms with van der Waals surface area (Å²) in [6.45, 7) is 8.24. The van der Waals surface area contributed by atoms with Crippen LogP contribution in [0, 0.1) is 10.8 Å². The number of esters is 1. The summed E-state index contributed by atoms with van der Waals surface area (Å²) in [5.74, 6) is 0.764. The molecule has 0 radical (unpaired) electrons. The first-order chi connectivity index (χ1) is 17.6. The molecule has 1 aromatic heterocycles. The van der Waals surface area contributed by atoms with Crippen molar-refractivity contribution in [2.75, 3.05) is 7.11 Å². The average molecular weight is 529 g/mol. The quantitative estimate of drug-likeness (QED) is 0.514. The number of aliphatic hydroxyl groups excluding tert-OH is 1. The molecule has 1 aromatic carbocycles. The Balaban J connectivity index is 1.61. The first-order valence-electron chi connectivity index (χ1n) is 12.9. The maximum absolute atomic E-state index is 13.3. The molecule has 38 heavy (non-hydrogen) atoms. The van der Waals surface area contributed by atoms with E-state index >= 15 is 0 Å². The van der Waals surface area contributed by atoms with Crippen LogP contribution in [0.15, 0.2) is 39.5 Å². The fourth-order valence-corrected chi connectivity index (χ4v) is 7.37. The van der Waals surface area contributed by atoms with Crippen LogP contribution in [0.2, 0.25) is 0 Å². The minimum atomic E-state index is -1.85. The topological polar surface area (TPSA) is 136 Å². The van der Waals surface area contributed by atoms with Crippen LogP contribution < -0.4 is 15.1 Å². The molecule has 0 bridgehead atoms. The third-order valence-electron chi connectivity index (χ3n) is 9.99. The molecule has 2 saturated carbocycles. The van der Waals surface area contributed by atoms with Crippen LogP contribution in [-0.4, -0.2) is 57.4 Å². The molecule has 0 unspecified atom stereocenters. The van der Waals surface area contributed by atoms with E-state index in [2.05, 4.69) is 0 Å². The minimum Gasteiger partial charge on any atom is -0.497 e. The molecule has 2 fully saturated rings. The van der Waals surface area contributed by atoms with E-state index in [1.54, 1.807) is 65.1 Å². The van der Waals surface area contributed by atoms with Crippen molar-refractivity contribution in [3.05, 3.63) is 46.3 Å². The first kappa shape index (κ1) is 26.7. The summed E-state index contributed by atoms with van der Waals surface area (Å²) in [4.78, 5) is 25.1. The summed E-state index contributed by atoms with van der Waals surface area (Å²) in [6.07, 6.45) is -1.79. The Hall–Kier alpha value is -2.88. The first-order valence-corrected chi connectivity index (χ1v) is 12.9. The second kappa shape index (κ2) is 8.31. The molecule has 5 rings (SSSR count). The van der Waals surface area contributed by atoms with Gasteiger partial charge < -0.3 is 33.9 Å². The van der Waals surface area contributed by atoms with Gasteiger partial charge in [-0.2, -0.15) is 0 Å². The fraction of sp³-hybridized carbons (Fsp3) is 0.586. The largest absolute Gasteiger partial charge is 0.497 e. The molecule has 3 aliphatic rings. The Labute approximate surface area is 221 Å². The zero-order valence-electron chi connectivity index (χ0n) is 22.7. The highest BCUT2D eigenvalue weighted by Gasteiger charge is 2.79. The van der Waals surface area contributed by atoms with E-state index in [0.29, 0.717) is 22.8 Å². The Kier molecular flexibility index (Phi) is 5.84. The van der Waals surface area contributed by atoms with Crippen LogP contribution >= 0.6 is 0 Å². The molecule has 2 heterocycles. The van der Waals surface area contributed by atoms with Gasteiger partial charge in [-0.15, -0.1) is 0 Å². The molecule has 9 heteroatoms. The third kappa shape index (κ3) is 3.28. The normalized spacial score (nSPS) is 37.2. The summed E-state index contributed by atoms with van der Waals surface area (Å²) >= 11 is 0. The lowest BCUT2D eigenvalue weighted by Crippen LogP contribution is -2.84. The standard InChI is InChI=1S/C29H36O9/c1-16(30)36-23-14-22(31)27(5)28(33,25(23,2)3)12-11-26(4)29(27,34)15-19-21(38-26)13-20(37-24(19)32)17-7-9-18(35-6)10-8-17/h7-10,13,22-23,31,33-34H,11-12,14-15H2,1-6H3/t22-,23+,26+,27-,28+,29+/m0/s1. The predicted octanol–water partition coefficient (Wildman–Crippen LogP) is 2.99. The van der Waals surface area contributed by atoms with Crippen LogP contribution in [0.25, 0.3) is 11.3 Å². The van der Waals surface area contributed by atoms with Gasteiger partial charge in [-0.05, 0) is 44.0 Å². The maximum atomic E-state index is 13.3. The van der Waals surface area contributed by atoms with Gasteiger partial charge in [0.2, 0.25) is 0 Å². The monoisotopic (exact) mass is 528 g/mol. The van der Waals surface area contributed by atoms with Crippen LogP contribution in [0.5, 0.6) is 11.5 Å². The summed E-state index contributed by atoms with van der Waals surface area (Å²) in [6, 6.07) is 8.70. The molecular weight excluding hydrogens is 492 g/mol. The molecule has 2 aliphatic carbocycles. The lowest BCUT2D eigenvalue weighted by molar-refractivity contribution is -0.365. The summed E-state index contributed by atoms with van der Waals surface area (Å²) < 4.78 is 22.8. The van der Waals surface area contributed by atoms with Crippen molar-refractivity contribution in [1.29, 1.82) is 0 Å². The Morgan fingerprint density at radius 3 is 2.32 bits per heavy atom. The zero-order chi connectivity index (χ0) is 27.9. The summed E-state index contributed by atoms with van der Waals surface area (Å²) in [5.41, 5.74) is -7.17. The molecule has 9 nitrogen and oxygen atoms in total. The fourth-order valence-electron chi connectivity index (χ4n) is 7.37. The van der Waals surface area contributed by atoms with Crippen molar-refractivity contribution in [3.63, 3.8) is 0 Å². The second-order valence-corrected chi connectivity index (χ2v) is 12.0. The Morgan fingerprint density at radius 2 is 1.71 bits per heavy atom. The van der Waals surface area contributed by atoms with Gasteiger partial charge in [0.25, 0.3) is 0 Å². The number of aliphatic hydroxyl groups is 3. The SMILES string of the molecule is COc1ccc(-c2cc3c(c(=O)o2)C[C@]2(O)[C@@]4(C)[C@@H](O)C[C@@H](OC(C)=O)C(C)(C)[C@]4(O)CC[C@@]2(C)O3)cc1. The van der Waals surface area contributed by atoms with Gasteiger partial charge in [-0.1, -0.05) is 20.8 Å². The number of benzene rings is 1. The van der Waals surface area contributed by atoms with Gasteiger partial charge in [0.05, 0.1) is 29.8 Å². The highest BCUT2D eigenvalue weighted by atomic mass is 16.5. The van der Waals surface area contributed by atoms with E-state index in [1.807, 2.05) is 0 Å². The van der Waals surface area contributed by atoms with Crippen LogP contribution in [0.1, 0.15) is 59.4 Å². The van der Waals surface area contributed by atoms with Crippen molar-refractivity contribution in [2.24, 2.45) is 10.8 Å². The van der Waals surface area contributed by atoms with Gasteiger partial charge in [-0.25, -0.2) is 4.79 Å². The van der Waals surface area contributed by atoms with Crippen molar-refractivity contribution < 1.29 is 38.7 Å². The second-order valence-electron chi connectivity index (χ2n) is 12.0. The maximum Gasteiger partial charge on any atom is 0.343 e. The van der Waals surface area contributed by atoms with Gasteiger partial charge in [0, 0.05) is 36.8 Å². The predicted molar refractivity (Wildman–Crippen MR) is 137 cm³/mol. The van der Waals surface area contributed by atoms with Crippen LogP contribution in [-0.2, 0) is 16.0 Å².